The summed E-state index contributed by atoms with van der Waals surface area (Å²) in [4.78, 5) is 12.1. The molecule has 0 bridgehead atoms. The SMILES string of the molecule is CC(C)Cn1ncc(NC2CCCC2C)c(Cl)c1=O. The molecule has 1 heterocycles. The van der Waals surface area contributed by atoms with Gasteiger partial charge in [-0.25, -0.2) is 4.68 Å². The second-order valence-electron chi connectivity index (χ2n) is 5.91. The Morgan fingerprint density at radius 3 is 2.84 bits per heavy atom. The molecule has 0 spiro atoms. The predicted octanol–water partition coefficient (Wildman–Crippen LogP) is 3.15. The van der Waals surface area contributed by atoms with E-state index in [-0.39, 0.29) is 10.6 Å². The minimum atomic E-state index is -0.203. The molecule has 0 radical (unpaired) electrons. The minimum absolute atomic E-state index is 0.203. The topological polar surface area (TPSA) is 46.9 Å². The number of anilines is 1. The predicted molar refractivity (Wildman–Crippen MR) is 78.8 cm³/mol. The van der Waals surface area contributed by atoms with Gasteiger partial charge in [-0.2, -0.15) is 5.10 Å². The number of halogens is 1. The van der Waals surface area contributed by atoms with Gasteiger partial charge in [-0.15, -0.1) is 0 Å². The lowest BCUT2D eigenvalue weighted by Crippen LogP contribution is -2.28. The first-order valence-corrected chi connectivity index (χ1v) is 7.39. The molecule has 2 rings (SSSR count). The Kier molecular flexibility index (Phi) is 4.50. The average molecular weight is 284 g/mol. The summed E-state index contributed by atoms with van der Waals surface area (Å²) in [5.41, 5.74) is 0.469. The molecule has 106 valence electrons. The summed E-state index contributed by atoms with van der Waals surface area (Å²) in [5.74, 6) is 0.990. The Hall–Kier alpha value is -1.03. The highest BCUT2D eigenvalue weighted by Gasteiger charge is 2.24. The molecule has 1 N–H and O–H groups in total. The molecule has 19 heavy (non-hydrogen) atoms. The molecule has 1 aromatic heterocycles. The normalized spacial score (nSPS) is 23.0. The quantitative estimate of drug-likeness (QED) is 0.923. The van der Waals surface area contributed by atoms with Crippen LogP contribution in [0.25, 0.3) is 0 Å². The fourth-order valence-electron chi connectivity index (χ4n) is 2.60. The lowest BCUT2D eigenvalue weighted by molar-refractivity contribution is 0.463. The van der Waals surface area contributed by atoms with Gasteiger partial charge in [0.25, 0.3) is 5.56 Å². The van der Waals surface area contributed by atoms with E-state index < -0.39 is 0 Å². The van der Waals surface area contributed by atoms with Gasteiger partial charge in [0.1, 0.15) is 5.02 Å². The third kappa shape index (κ3) is 3.30. The first kappa shape index (κ1) is 14.4. The zero-order chi connectivity index (χ0) is 14.0. The number of nitrogens with one attached hydrogen (secondary N) is 1. The lowest BCUT2D eigenvalue weighted by atomic mass is 10.1. The number of aromatic nitrogens is 2. The van der Waals surface area contributed by atoms with Crippen molar-refractivity contribution in [2.45, 2.75) is 52.6 Å². The lowest BCUT2D eigenvalue weighted by Gasteiger charge is -2.19. The summed E-state index contributed by atoms with van der Waals surface area (Å²) in [6.07, 6.45) is 5.27. The van der Waals surface area contributed by atoms with Crippen LogP contribution >= 0.6 is 11.6 Å². The van der Waals surface area contributed by atoms with Crippen molar-refractivity contribution in [3.63, 3.8) is 0 Å². The monoisotopic (exact) mass is 283 g/mol. The van der Waals surface area contributed by atoms with Gasteiger partial charge in [0.05, 0.1) is 11.9 Å². The van der Waals surface area contributed by atoms with E-state index in [9.17, 15) is 4.79 Å². The number of rotatable bonds is 4. The third-order valence-corrected chi connectivity index (χ3v) is 4.09. The van der Waals surface area contributed by atoms with Crippen LogP contribution in [0.1, 0.15) is 40.0 Å². The number of nitrogens with zero attached hydrogens (tertiary/aromatic N) is 2. The Balaban J connectivity index is 2.18. The van der Waals surface area contributed by atoms with E-state index >= 15 is 0 Å². The second kappa shape index (κ2) is 5.95. The summed E-state index contributed by atoms with van der Waals surface area (Å²) in [7, 11) is 0. The smallest absolute Gasteiger partial charge is 0.287 e. The van der Waals surface area contributed by atoms with Crippen molar-refractivity contribution in [3.8, 4) is 0 Å². The van der Waals surface area contributed by atoms with E-state index in [0.717, 1.165) is 6.42 Å². The van der Waals surface area contributed by atoms with Crippen LogP contribution in [0.2, 0.25) is 5.02 Å². The Labute approximate surface area is 119 Å². The minimum Gasteiger partial charge on any atom is -0.379 e. The molecule has 1 aliphatic rings. The Morgan fingerprint density at radius 1 is 1.53 bits per heavy atom. The van der Waals surface area contributed by atoms with Crippen LogP contribution in [-0.2, 0) is 6.54 Å². The van der Waals surface area contributed by atoms with Crippen LogP contribution in [0.3, 0.4) is 0 Å². The molecule has 1 fully saturated rings. The van der Waals surface area contributed by atoms with Gasteiger partial charge >= 0.3 is 0 Å². The number of hydrogen-bond donors (Lipinski definition) is 1. The molecule has 1 aliphatic carbocycles. The zero-order valence-electron chi connectivity index (χ0n) is 11.8. The van der Waals surface area contributed by atoms with Crippen molar-refractivity contribution in [2.75, 3.05) is 5.32 Å². The van der Waals surface area contributed by atoms with E-state index in [1.165, 1.54) is 17.5 Å². The van der Waals surface area contributed by atoms with E-state index in [1.807, 2.05) is 13.8 Å². The average Bonchev–Trinajstić information content (AvgIpc) is 2.74. The van der Waals surface area contributed by atoms with Crippen LogP contribution in [-0.4, -0.2) is 15.8 Å². The summed E-state index contributed by atoms with van der Waals surface area (Å²) in [6.45, 7) is 6.92. The van der Waals surface area contributed by atoms with Crippen LogP contribution < -0.4 is 10.9 Å². The van der Waals surface area contributed by atoms with Crippen molar-refractivity contribution in [3.05, 3.63) is 21.6 Å². The fraction of sp³-hybridized carbons (Fsp3) is 0.714. The maximum absolute atomic E-state index is 12.1. The molecule has 0 aliphatic heterocycles. The van der Waals surface area contributed by atoms with E-state index in [2.05, 4.69) is 17.3 Å². The van der Waals surface area contributed by atoms with Crippen molar-refractivity contribution in [2.24, 2.45) is 11.8 Å². The van der Waals surface area contributed by atoms with Gasteiger partial charge in [-0.1, -0.05) is 38.8 Å². The van der Waals surface area contributed by atoms with Crippen molar-refractivity contribution in [1.29, 1.82) is 0 Å². The van der Waals surface area contributed by atoms with Crippen molar-refractivity contribution >= 4 is 17.3 Å². The largest absolute Gasteiger partial charge is 0.379 e. The van der Waals surface area contributed by atoms with Gasteiger partial charge in [-0.05, 0) is 24.7 Å². The number of hydrogen-bond acceptors (Lipinski definition) is 3. The summed E-state index contributed by atoms with van der Waals surface area (Å²) < 4.78 is 1.44. The van der Waals surface area contributed by atoms with E-state index in [1.54, 1.807) is 6.20 Å². The Bertz CT molecular complexity index is 498. The van der Waals surface area contributed by atoms with Gasteiger partial charge < -0.3 is 5.32 Å². The molecule has 4 nitrogen and oxygen atoms in total. The molecule has 5 heteroatoms. The standard InChI is InChI=1S/C14H22ClN3O/c1-9(2)8-18-14(19)13(15)12(7-16-18)17-11-6-4-5-10(11)3/h7,9-11,17H,4-6,8H2,1-3H3. The molecule has 0 saturated heterocycles. The van der Waals surface area contributed by atoms with Crippen LogP contribution in [0.5, 0.6) is 0 Å². The van der Waals surface area contributed by atoms with Crippen LogP contribution in [0.15, 0.2) is 11.0 Å². The van der Waals surface area contributed by atoms with E-state index in [0.29, 0.717) is 30.1 Å². The van der Waals surface area contributed by atoms with Crippen molar-refractivity contribution < 1.29 is 0 Å². The molecule has 0 amide bonds. The van der Waals surface area contributed by atoms with Gasteiger partial charge in [-0.3, -0.25) is 4.79 Å². The molecular weight excluding hydrogens is 262 g/mol. The zero-order valence-corrected chi connectivity index (χ0v) is 12.6. The molecule has 1 saturated carbocycles. The summed E-state index contributed by atoms with van der Waals surface area (Å²) in [5, 5.41) is 7.84. The van der Waals surface area contributed by atoms with E-state index in [4.69, 9.17) is 11.6 Å². The van der Waals surface area contributed by atoms with Gasteiger partial charge in [0, 0.05) is 12.6 Å². The highest BCUT2D eigenvalue weighted by atomic mass is 35.5. The molecule has 2 unspecified atom stereocenters. The van der Waals surface area contributed by atoms with Crippen molar-refractivity contribution in [1.82, 2.24) is 9.78 Å². The molecule has 0 aromatic carbocycles. The molecule has 2 atom stereocenters. The summed E-state index contributed by atoms with van der Waals surface area (Å²) >= 11 is 6.17. The first-order chi connectivity index (χ1) is 8.99. The van der Waals surface area contributed by atoms with Gasteiger partial charge in [0.15, 0.2) is 0 Å². The maximum atomic E-state index is 12.1. The first-order valence-electron chi connectivity index (χ1n) is 7.01. The molecular formula is C14H22ClN3O. The fourth-order valence-corrected chi connectivity index (χ4v) is 2.80. The highest BCUT2D eigenvalue weighted by molar-refractivity contribution is 6.32. The maximum Gasteiger partial charge on any atom is 0.287 e. The van der Waals surface area contributed by atoms with Crippen LogP contribution in [0.4, 0.5) is 5.69 Å². The Morgan fingerprint density at radius 2 is 2.26 bits per heavy atom. The molecule has 1 aromatic rings. The second-order valence-corrected chi connectivity index (χ2v) is 6.29. The van der Waals surface area contributed by atoms with Crippen LogP contribution in [0, 0.1) is 11.8 Å². The summed E-state index contributed by atoms with van der Waals surface area (Å²) in [6, 6.07) is 0.402. The third-order valence-electron chi connectivity index (χ3n) is 3.73. The highest BCUT2D eigenvalue weighted by Crippen LogP contribution is 2.29. The van der Waals surface area contributed by atoms with Gasteiger partial charge in [0.2, 0.25) is 0 Å².